The van der Waals surface area contributed by atoms with E-state index in [-0.39, 0.29) is 18.1 Å². The average molecular weight is 405 g/mol. The Bertz CT molecular complexity index is 809. The van der Waals surface area contributed by atoms with Crippen LogP contribution in [0.2, 0.25) is 5.02 Å². The molecule has 0 aliphatic carbocycles. The zero-order valence-electron chi connectivity index (χ0n) is 15.3. The van der Waals surface area contributed by atoms with Gasteiger partial charge >= 0.3 is 0 Å². The van der Waals surface area contributed by atoms with Crippen LogP contribution in [-0.4, -0.2) is 64.3 Å². The number of carbonyl (C=O) groups is 1. The van der Waals surface area contributed by atoms with Crippen LogP contribution in [0.3, 0.4) is 0 Å². The van der Waals surface area contributed by atoms with Crippen molar-refractivity contribution in [3.05, 3.63) is 41.4 Å². The van der Waals surface area contributed by atoms with Crippen molar-refractivity contribution in [1.82, 2.24) is 19.9 Å². The molecule has 2 aliphatic rings. The Morgan fingerprint density at radius 1 is 1.11 bits per heavy atom. The van der Waals surface area contributed by atoms with Gasteiger partial charge < -0.3 is 19.1 Å². The molecule has 4 heterocycles. The molecule has 1 unspecified atom stereocenters. The number of carbonyl (C=O) groups excluding carboxylic acids is 1. The van der Waals surface area contributed by atoms with Crippen molar-refractivity contribution in [2.75, 3.05) is 26.3 Å². The summed E-state index contributed by atoms with van der Waals surface area (Å²) < 4.78 is 16.8. The van der Waals surface area contributed by atoms with Crippen LogP contribution in [0.25, 0.3) is 0 Å². The Kier molecular flexibility index (Phi) is 5.87. The van der Waals surface area contributed by atoms with Gasteiger partial charge in [-0.1, -0.05) is 11.6 Å². The zero-order chi connectivity index (χ0) is 19.3. The molecule has 0 saturated carbocycles. The highest BCUT2D eigenvalue weighted by Crippen LogP contribution is 2.26. The first-order valence-electron chi connectivity index (χ1n) is 9.31. The molecule has 1 amide bonds. The van der Waals surface area contributed by atoms with Crippen molar-refractivity contribution in [2.24, 2.45) is 0 Å². The van der Waals surface area contributed by atoms with E-state index in [2.05, 4.69) is 15.0 Å². The quantitative estimate of drug-likeness (QED) is 0.756. The van der Waals surface area contributed by atoms with E-state index in [0.29, 0.717) is 48.6 Å². The molecule has 0 bridgehead atoms. The third-order valence-corrected chi connectivity index (χ3v) is 5.05. The topological polar surface area (TPSA) is 86.7 Å². The van der Waals surface area contributed by atoms with Crippen molar-refractivity contribution in [2.45, 2.75) is 31.5 Å². The van der Waals surface area contributed by atoms with Crippen LogP contribution >= 0.6 is 11.6 Å². The molecule has 28 heavy (non-hydrogen) atoms. The Labute approximate surface area is 167 Å². The molecule has 2 saturated heterocycles. The molecular formula is C19H21ClN4O4. The second-order valence-electron chi connectivity index (χ2n) is 6.77. The summed E-state index contributed by atoms with van der Waals surface area (Å²) in [5.74, 6) is 0.749. The fourth-order valence-corrected chi connectivity index (χ4v) is 3.48. The molecule has 1 atom stereocenters. The lowest BCUT2D eigenvalue weighted by Crippen LogP contribution is -2.41. The van der Waals surface area contributed by atoms with Crippen LogP contribution < -0.4 is 9.47 Å². The molecule has 0 spiro atoms. The lowest BCUT2D eigenvalue weighted by atomic mass is 10.1. The minimum absolute atomic E-state index is 0.0202. The van der Waals surface area contributed by atoms with E-state index in [1.807, 2.05) is 0 Å². The summed E-state index contributed by atoms with van der Waals surface area (Å²) in [5, 5.41) is 0.332. The SMILES string of the molecule is O=C(c1cnc(OC2CCOC2)c(Cl)c1)N1CCC(Oc2cnccn2)CC1. The van der Waals surface area contributed by atoms with Gasteiger partial charge in [0, 0.05) is 50.9 Å². The molecule has 8 nitrogen and oxygen atoms in total. The van der Waals surface area contributed by atoms with Crippen LogP contribution in [-0.2, 0) is 4.74 Å². The van der Waals surface area contributed by atoms with E-state index in [0.717, 1.165) is 19.3 Å². The van der Waals surface area contributed by atoms with Gasteiger partial charge in [0.2, 0.25) is 11.8 Å². The second kappa shape index (κ2) is 8.70. The van der Waals surface area contributed by atoms with E-state index in [1.54, 1.807) is 29.6 Å². The van der Waals surface area contributed by atoms with E-state index < -0.39 is 0 Å². The lowest BCUT2D eigenvalue weighted by Gasteiger charge is -2.31. The van der Waals surface area contributed by atoms with Crippen molar-refractivity contribution in [3.8, 4) is 11.8 Å². The number of aromatic nitrogens is 3. The van der Waals surface area contributed by atoms with Crippen molar-refractivity contribution >= 4 is 17.5 Å². The van der Waals surface area contributed by atoms with E-state index in [1.165, 1.54) is 6.20 Å². The van der Waals surface area contributed by atoms with Gasteiger partial charge in [-0.25, -0.2) is 9.97 Å². The minimum atomic E-state index is -0.0943. The van der Waals surface area contributed by atoms with E-state index >= 15 is 0 Å². The summed E-state index contributed by atoms with van der Waals surface area (Å²) in [5.41, 5.74) is 0.452. The molecule has 2 aliphatic heterocycles. The molecule has 4 rings (SSSR count). The number of pyridine rings is 1. The standard InChI is InChI=1S/C19H21ClN4O4/c20-16-9-13(10-23-18(16)28-15-3-8-26-12-15)19(25)24-6-1-14(2-7-24)27-17-11-21-4-5-22-17/h4-5,9-11,14-15H,1-3,6-8,12H2. The van der Waals surface area contributed by atoms with Crippen LogP contribution in [0.5, 0.6) is 11.8 Å². The van der Waals surface area contributed by atoms with Crippen LogP contribution in [0.15, 0.2) is 30.9 Å². The van der Waals surface area contributed by atoms with E-state index in [9.17, 15) is 4.79 Å². The zero-order valence-corrected chi connectivity index (χ0v) is 16.0. The molecule has 0 aromatic carbocycles. The van der Waals surface area contributed by atoms with Crippen molar-refractivity contribution in [1.29, 1.82) is 0 Å². The van der Waals surface area contributed by atoms with Crippen molar-refractivity contribution in [3.63, 3.8) is 0 Å². The van der Waals surface area contributed by atoms with Gasteiger partial charge in [-0.15, -0.1) is 0 Å². The first-order chi connectivity index (χ1) is 13.7. The van der Waals surface area contributed by atoms with Gasteiger partial charge in [0.1, 0.15) is 17.2 Å². The number of piperidine rings is 1. The molecular weight excluding hydrogens is 384 g/mol. The molecule has 9 heteroatoms. The minimum Gasteiger partial charge on any atom is -0.473 e. The molecule has 0 N–H and O–H groups in total. The van der Waals surface area contributed by atoms with Crippen molar-refractivity contribution < 1.29 is 19.0 Å². The number of halogens is 1. The van der Waals surface area contributed by atoms with Gasteiger partial charge in [-0.05, 0) is 6.07 Å². The predicted octanol–water partition coefficient (Wildman–Crippen LogP) is 2.38. The first kappa shape index (κ1) is 18.9. The highest BCUT2D eigenvalue weighted by atomic mass is 35.5. The number of amides is 1. The maximum Gasteiger partial charge on any atom is 0.255 e. The maximum atomic E-state index is 12.8. The summed E-state index contributed by atoms with van der Waals surface area (Å²) in [6, 6.07) is 1.62. The largest absolute Gasteiger partial charge is 0.473 e. The van der Waals surface area contributed by atoms with Crippen LogP contribution in [0, 0.1) is 0 Å². The normalized spacial score (nSPS) is 20.2. The van der Waals surface area contributed by atoms with Gasteiger partial charge in [0.25, 0.3) is 5.91 Å². The number of hydrogen-bond donors (Lipinski definition) is 0. The number of likely N-dealkylation sites (tertiary alicyclic amines) is 1. The monoisotopic (exact) mass is 404 g/mol. The Morgan fingerprint density at radius 3 is 2.64 bits per heavy atom. The molecule has 2 fully saturated rings. The van der Waals surface area contributed by atoms with Gasteiger partial charge in [0.05, 0.1) is 25.0 Å². The molecule has 2 aromatic heterocycles. The number of hydrogen-bond acceptors (Lipinski definition) is 7. The second-order valence-corrected chi connectivity index (χ2v) is 7.17. The number of ether oxygens (including phenoxy) is 3. The third kappa shape index (κ3) is 4.51. The fourth-order valence-electron chi connectivity index (χ4n) is 3.27. The Balaban J connectivity index is 1.32. The first-order valence-corrected chi connectivity index (χ1v) is 9.69. The summed E-state index contributed by atoms with van der Waals surface area (Å²) in [7, 11) is 0. The summed E-state index contributed by atoms with van der Waals surface area (Å²) >= 11 is 6.27. The van der Waals surface area contributed by atoms with Gasteiger partial charge in [0.15, 0.2) is 0 Å². The Morgan fingerprint density at radius 2 is 1.96 bits per heavy atom. The van der Waals surface area contributed by atoms with Crippen LogP contribution in [0.4, 0.5) is 0 Å². The summed E-state index contributed by atoms with van der Waals surface area (Å²) in [6.07, 6.45) is 8.55. The molecule has 0 radical (unpaired) electrons. The third-order valence-electron chi connectivity index (χ3n) is 4.78. The lowest BCUT2D eigenvalue weighted by molar-refractivity contribution is 0.0586. The highest BCUT2D eigenvalue weighted by Gasteiger charge is 2.26. The van der Waals surface area contributed by atoms with Gasteiger partial charge in [-0.2, -0.15) is 0 Å². The fraction of sp³-hybridized carbons (Fsp3) is 0.474. The van der Waals surface area contributed by atoms with E-state index in [4.69, 9.17) is 25.8 Å². The smallest absolute Gasteiger partial charge is 0.255 e. The average Bonchev–Trinajstić information content (AvgIpc) is 3.23. The number of nitrogens with zero attached hydrogens (tertiary/aromatic N) is 4. The highest BCUT2D eigenvalue weighted by molar-refractivity contribution is 6.32. The Hall–Kier alpha value is -2.45. The summed E-state index contributed by atoms with van der Waals surface area (Å²) in [6.45, 7) is 2.40. The molecule has 148 valence electrons. The predicted molar refractivity (Wildman–Crippen MR) is 101 cm³/mol. The van der Waals surface area contributed by atoms with Gasteiger partial charge in [-0.3, -0.25) is 9.78 Å². The number of rotatable bonds is 5. The van der Waals surface area contributed by atoms with Crippen LogP contribution in [0.1, 0.15) is 29.6 Å². The maximum absolute atomic E-state index is 12.8. The summed E-state index contributed by atoms with van der Waals surface area (Å²) in [4.78, 5) is 26.9. The molecule has 2 aromatic rings.